The minimum atomic E-state index is -1.31. The van der Waals surface area contributed by atoms with Crippen molar-refractivity contribution in [3.05, 3.63) is 48.3 Å². The maximum atomic E-state index is 14.2. The number of hydrogen-bond acceptors (Lipinski definition) is 13. The quantitative estimate of drug-likeness (QED) is 0.291. The summed E-state index contributed by atoms with van der Waals surface area (Å²) in [6, 6.07) is 9.48. The summed E-state index contributed by atoms with van der Waals surface area (Å²) < 4.78 is 41.6. The van der Waals surface area contributed by atoms with Crippen molar-refractivity contribution in [2.24, 2.45) is 28.8 Å². The van der Waals surface area contributed by atoms with Crippen LogP contribution < -0.4 is 0 Å². The van der Waals surface area contributed by atoms with Crippen molar-refractivity contribution >= 4 is 17.5 Å². The number of oxime groups is 1. The fraction of sp³-hybridized carbons (Fsp3) is 0.714. The molecule has 14 atom stereocenters. The summed E-state index contributed by atoms with van der Waals surface area (Å²) in [6.07, 6.45) is 0.0416. The SMILES string of the molecule is CC[C@H]1OC(=O)[C@H](C)[C@H]2OC/C(=N\OCc3cccc(-n4cccn4)c3)CO[C@@](C)(C[C@@H](C)C3OC1(C)C(=O)C3C)[C@H](O[C@@H]1O[C@H](C)C[C@H](N(C)C)[C@H]1O)[C@@H]2C. The Bertz CT molecular complexity index is 1690. The molecule has 1 N–H and O–H groups in total. The number of benzene rings is 1. The maximum Gasteiger partial charge on any atom is 0.311 e. The number of esters is 1. The largest absolute Gasteiger partial charge is 0.459 e. The van der Waals surface area contributed by atoms with Gasteiger partial charge in [-0.1, -0.05) is 45.0 Å². The Kier molecular flexibility index (Phi) is 13.1. The first-order valence-electron chi connectivity index (χ1n) is 20.2. The molecule has 6 rings (SSSR count). The first kappa shape index (κ1) is 42.4. The van der Waals surface area contributed by atoms with E-state index in [4.69, 9.17) is 33.3 Å². The maximum absolute atomic E-state index is 14.2. The number of ketones is 1. The molecule has 310 valence electrons. The van der Waals surface area contributed by atoms with Gasteiger partial charge in [-0.15, -0.1) is 0 Å². The van der Waals surface area contributed by atoms with Crippen LogP contribution in [-0.4, -0.2) is 125 Å². The highest BCUT2D eigenvalue weighted by atomic mass is 16.7. The molecule has 4 aliphatic heterocycles. The summed E-state index contributed by atoms with van der Waals surface area (Å²) in [6.45, 7) is 15.5. The van der Waals surface area contributed by atoms with Gasteiger partial charge in [0.05, 0.1) is 54.8 Å². The van der Waals surface area contributed by atoms with Crippen LogP contribution in [0.3, 0.4) is 0 Å². The normalized spacial score (nSPS) is 40.6. The molecular formula is C42H62N4O10. The minimum absolute atomic E-state index is 0.0107. The lowest BCUT2D eigenvalue weighted by molar-refractivity contribution is -0.302. The fourth-order valence-electron chi connectivity index (χ4n) is 9.36. The monoisotopic (exact) mass is 782 g/mol. The zero-order chi connectivity index (χ0) is 40.5. The summed E-state index contributed by atoms with van der Waals surface area (Å²) in [4.78, 5) is 36.1. The second-order valence-electron chi connectivity index (χ2n) is 17.1. The Morgan fingerprint density at radius 2 is 1.82 bits per heavy atom. The predicted molar refractivity (Wildman–Crippen MR) is 207 cm³/mol. The van der Waals surface area contributed by atoms with Gasteiger partial charge >= 0.3 is 5.97 Å². The van der Waals surface area contributed by atoms with Crippen LogP contribution in [0.5, 0.6) is 0 Å². The summed E-state index contributed by atoms with van der Waals surface area (Å²) in [7, 11) is 3.86. The number of fused-ring (bicyclic) bond motifs is 5. The van der Waals surface area contributed by atoms with E-state index < -0.39 is 71.7 Å². The molecule has 14 heteroatoms. The Balaban J connectivity index is 1.38. The van der Waals surface area contributed by atoms with Gasteiger partial charge in [0.25, 0.3) is 0 Å². The molecule has 1 aromatic carbocycles. The molecule has 3 unspecified atom stereocenters. The van der Waals surface area contributed by atoms with Crippen LogP contribution >= 0.6 is 0 Å². The van der Waals surface area contributed by atoms with Crippen molar-refractivity contribution in [2.75, 3.05) is 27.3 Å². The number of carbonyl (C=O) groups excluding carboxylic acids is 2. The average Bonchev–Trinajstić information content (AvgIpc) is 3.79. The van der Waals surface area contributed by atoms with Crippen molar-refractivity contribution < 1.29 is 48.0 Å². The topological polar surface area (TPSA) is 152 Å². The second kappa shape index (κ2) is 17.3. The van der Waals surface area contributed by atoms with Gasteiger partial charge in [-0.05, 0) is 90.7 Å². The van der Waals surface area contributed by atoms with Crippen molar-refractivity contribution in [3.8, 4) is 5.69 Å². The van der Waals surface area contributed by atoms with Crippen molar-refractivity contribution in [2.45, 2.75) is 141 Å². The molecule has 0 saturated carbocycles. The van der Waals surface area contributed by atoms with Crippen LogP contribution in [0.2, 0.25) is 0 Å². The molecule has 2 aromatic rings. The molecule has 4 saturated heterocycles. The van der Waals surface area contributed by atoms with E-state index in [1.54, 1.807) is 24.7 Å². The van der Waals surface area contributed by atoms with Gasteiger partial charge in [-0.25, -0.2) is 4.68 Å². The van der Waals surface area contributed by atoms with Crippen LogP contribution in [-0.2, 0) is 49.5 Å². The van der Waals surface area contributed by atoms with E-state index in [0.717, 1.165) is 11.3 Å². The van der Waals surface area contributed by atoms with Crippen LogP contribution in [0.15, 0.2) is 47.9 Å². The molecule has 1 aromatic heterocycles. The van der Waals surface area contributed by atoms with E-state index in [1.807, 2.05) is 90.1 Å². The molecule has 14 nitrogen and oxygen atoms in total. The van der Waals surface area contributed by atoms with E-state index in [0.29, 0.717) is 25.0 Å². The first-order chi connectivity index (χ1) is 26.6. The molecular weight excluding hydrogens is 720 g/mol. The minimum Gasteiger partial charge on any atom is -0.459 e. The van der Waals surface area contributed by atoms with Crippen LogP contribution in [0.4, 0.5) is 0 Å². The number of Topliss-reactive ketones (excluding diaryl/α,β-unsaturated/α-hetero) is 1. The number of ether oxygens (including phenoxy) is 6. The highest BCUT2D eigenvalue weighted by Gasteiger charge is 2.58. The van der Waals surface area contributed by atoms with E-state index in [-0.39, 0.29) is 43.7 Å². The van der Waals surface area contributed by atoms with Gasteiger partial charge in [0.1, 0.15) is 24.5 Å². The van der Waals surface area contributed by atoms with E-state index in [2.05, 4.69) is 17.2 Å². The third-order valence-corrected chi connectivity index (χ3v) is 12.4. The highest BCUT2D eigenvalue weighted by Crippen LogP contribution is 2.45. The number of cyclic esters (lactones) is 1. The number of nitrogens with zero attached hydrogens (tertiary/aromatic N) is 4. The molecule has 0 aliphatic carbocycles. The zero-order valence-electron chi connectivity index (χ0n) is 34.6. The Labute approximate surface area is 331 Å². The smallest absolute Gasteiger partial charge is 0.311 e. The van der Waals surface area contributed by atoms with Crippen LogP contribution in [0.25, 0.3) is 5.69 Å². The van der Waals surface area contributed by atoms with Gasteiger partial charge in [0.2, 0.25) is 0 Å². The first-order valence-corrected chi connectivity index (χ1v) is 20.2. The second-order valence-corrected chi connectivity index (χ2v) is 17.1. The lowest BCUT2D eigenvalue weighted by atomic mass is 9.75. The molecule has 56 heavy (non-hydrogen) atoms. The average molecular weight is 783 g/mol. The molecule has 4 aliphatic rings. The molecule has 0 radical (unpaired) electrons. The van der Waals surface area contributed by atoms with Gasteiger partial charge in [0, 0.05) is 30.3 Å². The third-order valence-electron chi connectivity index (χ3n) is 12.4. The fourth-order valence-corrected chi connectivity index (χ4v) is 9.36. The van der Waals surface area contributed by atoms with Gasteiger partial charge in [-0.3, -0.25) is 9.59 Å². The van der Waals surface area contributed by atoms with E-state index >= 15 is 0 Å². The summed E-state index contributed by atoms with van der Waals surface area (Å²) in [5.41, 5.74) is -0.132. The Morgan fingerprint density at radius 1 is 1.05 bits per heavy atom. The predicted octanol–water partition coefficient (Wildman–Crippen LogP) is 4.73. The number of aliphatic hydroxyl groups excluding tert-OH is 1. The third kappa shape index (κ3) is 8.62. The summed E-state index contributed by atoms with van der Waals surface area (Å²) in [5.74, 6) is -2.58. The van der Waals surface area contributed by atoms with Crippen molar-refractivity contribution in [3.63, 3.8) is 0 Å². The van der Waals surface area contributed by atoms with Crippen LogP contribution in [0.1, 0.15) is 80.2 Å². The van der Waals surface area contributed by atoms with Gasteiger partial charge in [0.15, 0.2) is 17.7 Å². The highest BCUT2D eigenvalue weighted by molar-refractivity contribution is 5.92. The van der Waals surface area contributed by atoms with Crippen molar-refractivity contribution in [1.29, 1.82) is 0 Å². The molecule has 0 spiro atoms. The molecule has 4 fully saturated rings. The van der Waals surface area contributed by atoms with Crippen molar-refractivity contribution in [1.82, 2.24) is 14.7 Å². The summed E-state index contributed by atoms with van der Waals surface area (Å²) >= 11 is 0. The number of hydrogen-bond donors (Lipinski definition) is 1. The molecule has 4 bridgehead atoms. The number of aliphatic hydroxyl groups is 1. The van der Waals surface area contributed by atoms with Gasteiger partial charge < -0.3 is 43.3 Å². The van der Waals surface area contributed by atoms with Gasteiger partial charge in [-0.2, -0.15) is 5.10 Å². The number of carbonyl (C=O) groups is 2. The molecule has 5 heterocycles. The Hall–Kier alpha value is -3.24. The lowest BCUT2D eigenvalue weighted by Crippen LogP contribution is -2.59. The number of likely N-dealkylation sites (N-methyl/N-ethyl adjacent to an activating group) is 1. The van der Waals surface area contributed by atoms with E-state index in [1.165, 1.54) is 0 Å². The van der Waals surface area contributed by atoms with Crippen LogP contribution in [0, 0.1) is 23.7 Å². The Morgan fingerprint density at radius 3 is 2.52 bits per heavy atom. The number of aromatic nitrogens is 2. The lowest BCUT2D eigenvalue weighted by Gasteiger charge is -2.48. The standard InChI is InChI=1S/C42H62N4O10/c1-11-33-42(8)37(48)26(4)35(56-42)24(2)20-41(7)38(55-40-34(47)32(45(9)10)18-25(3)53-40)27(5)36(28(6)39(49)54-33)50-22-30(23-51-41)44-52-21-29-14-12-15-31(19-29)46-17-13-16-43-46/h12-17,19,24-28,32-36,38,40,47H,11,18,20-23H2,1-10H3/b44-30+/t24-,25-,26?,27-,28-,32+,33-,34-,35?,36+,38-,40+,41+,42?/m1/s1. The zero-order valence-corrected chi connectivity index (χ0v) is 34.6. The molecule has 0 amide bonds. The number of rotatable bonds is 8. The summed E-state index contributed by atoms with van der Waals surface area (Å²) in [5, 5.41) is 20.5. The van der Waals surface area contributed by atoms with E-state index in [9.17, 15) is 14.7 Å².